The fourth-order valence-electron chi connectivity index (χ4n) is 3.46. The number of nitro groups is 1. The number of aromatic nitrogens is 1. The van der Waals surface area contributed by atoms with Gasteiger partial charge in [0.1, 0.15) is 0 Å². The Labute approximate surface area is 168 Å². The third-order valence-electron chi connectivity index (χ3n) is 4.97. The Kier molecular flexibility index (Phi) is 5.58. The van der Waals surface area contributed by atoms with Crippen LogP contribution in [0.3, 0.4) is 0 Å². The predicted octanol–water partition coefficient (Wildman–Crippen LogP) is 6.41. The number of benzene rings is 2. The normalized spacial score (nSPS) is 14.7. The molecule has 2 aromatic carbocycles. The molecule has 28 heavy (non-hydrogen) atoms. The van der Waals surface area contributed by atoms with Crippen molar-refractivity contribution in [3.05, 3.63) is 82.7 Å². The maximum absolute atomic E-state index is 10.7. The molecule has 0 spiro atoms. The monoisotopic (exact) mass is 391 g/mol. The number of non-ortho nitro benzene ring substituents is 1. The first kappa shape index (κ1) is 18.5. The summed E-state index contributed by atoms with van der Waals surface area (Å²) < 4.78 is 2.32. The van der Waals surface area contributed by atoms with E-state index in [1.54, 1.807) is 23.9 Å². The van der Waals surface area contributed by atoms with Gasteiger partial charge in [-0.2, -0.15) is 0 Å². The van der Waals surface area contributed by atoms with Crippen LogP contribution in [0.2, 0.25) is 0 Å². The highest BCUT2D eigenvalue weighted by molar-refractivity contribution is 7.99. The Morgan fingerprint density at radius 3 is 2.29 bits per heavy atom. The number of rotatable bonds is 6. The molecule has 0 aliphatic heterocycles. The lowest BCUT2D eigenvalue weighted by Crippen LogP contribution is -2.00. The van der Waals surface area contributed by atoms with Crippen LogP contribution in [-0.2, 0) is 0 Å². The Balaban J connectivity index is 1.37. The van der Waals surface area contributed by atoms with Gasteiger partial charge in [-0.1, -0.05) is 24.6 Å². The van der Waals surface area contributed by atoms with Gasteiger partial charge in [0.05, 0.1) is 10.6 Å². The van der Waals surface area contributed by atoms with Crippen LogP contribution in [0, 0.1) is 10.1 Å². The van der Waals surface area contributed by atoms with Crippen molar-refractivity contribution in [3.8, 4) is 0 Å². The number of hydrogen-bond donors (Lipinski definition) is 0. The van der Waals surface area contributed by atoms with Gasteiger partial charge >= 0.3 is 0 Å². The number of nitro benzene ring substituents is 1. The van der Waals surface area contributed by atoms with Gasteiger partial charge < -0.3 is 4.57 Å². The molecule has 1 aromatic heterocycles. The zero-order valence-electron chi connectivity index (χ0n) is 15.4. The molecule has 3 aromatic rings. The summed E-state index contributed by atoms with van der Waals surface area (Å²) in [7, 11) is 0. The van der Waals surface area contributed by atoms with Gasteiger partial charge in [0, 0.05) is 52.1 Å². The molecule has 1 aliphatic carbocycles. The second kappa shape index (κ2) is 8.44. The summed E-state index contributed by atoms with van der Waals surface area (Å²) in [5, 5.41) is 10.7. The van der Waals surface area contributed by atoms with E-state index in [4.69, 9.17) is 0 Å². The Hall–Kier alpha value is -2.86. The van der Waals surface area contributed by atoms with Crippen molar-refractivity contribution in [2.24, 2.45) is 4.99 Å². The van der Waals surface area contributed by atoms with Gasteiger partial charge in [0.25, 0.3) is 5.69 Å². The minimum atomic E-state index is -0.386. The van der Waals surface area contributed by atoms with E-state index in [9.17, 15) is 10.1 Å². The van der Waals surface area contributed by atoms with E-state index in [1.165, 1.54) is 37.8 Å². The van der Waals surface area contributed by atoms with Gasteiger partial charge in [-0.25, -0.2) is 0 Å². The molecule has 4 rings (SSSR count). The van der Waals surface area contributed by atoms with Crippen LogP contribution >= 0.6 is 11.8 Å². The molecule has 1 fully saturated rings. The molecule has 0 amide bonds. The second-order valence-corrected chi connectivity index (χ2v) is 8.08. The summed E-state index contributed by atoms with van der Waals surface area (Å²) in [5.74, 6) is 0. The molecule has 0 radical (unpaired) electrons. The third-order valence-corrected chi connectivity index (χ3v) is 5.98. The van der Waals surface area contributed by atoms with Crippen LogP contribution in [0.4, 0.5) is 11.4 Å². The van der Waals surface area contributed by atoms with Crippen molar-refractivity contribution in [3.63, 3.8) is 0 Å². The zero-order chi connectivity index (χ0) is 19.3. The van der Waals surface area contributed by atoms with Crippen molar-refractivity contribution in [1.82, 2.24) is 4.57 Å². The molecule has 5 nitrogen and oxygen atoms in total. The van der Waals surface area contributed by atoms with Crippen LogP contribution in [-0.4, -0.2) is 15.7 Å². The lowest BCUT2D eigenvalue weighted by Gasteiger charge is -2.10. The maximum atomic E-state index is 10.7. The topological polar surface area (TPSA) is 60.4 Å². The van der Waals surface area contributed by atoms with Crippen molar-refractivity contribution in [2.45, 2.75) is 41.5 Å². The molecule has 0 bridgehead atoms. The molecule has 142 valence electrons. The molecule has 1 saturated carbocycles. The van der Waals surface area contributed by atoms with E-state index < -0.39 is 0 Å². The Bertz CT molecular complexity index is 972. The highest BCUT2D eigenvalue weighted by Crippen LogP contribution is 2.31. The van der Waals surface area contributed by atoms with E-state index in [0.29, 0.717) is 6.04 Å². The van der Waals surface area contributed by atoms with E-state index in [1.807, 2.05) is 30.5 Å². The summed E-state index contributed by atoms with van der Waals surface area (Å²) >= 11 is 1.57. The molecule has 0 unspecified atom stereocenters. The Morgan fingerprint density at radius 2 is 1.64 bits per heavy atom. The lowest BCUT2D eigenvalue weighted by molar-refractivity contribution is -0.384. The van der Waals surface area contributed by atoms with Gasteiger partial charge in [0.2, 0.25) is 0 Å². The maximum Gasteiger partial charge on any atom is 0.269 e. The van der Waals surface area contributed by atoms with Crippen molar-refractivity contribution in [1.29, 1.82) is 0 Å². The van der Waals surface area contributed by atoms with Crippen molar-refractivity contribution in [2.75, 3.05) is 0 Å². The number of aliphatic imine (C=N–C) groups is 1. The molecule has 0 atom stereocenters. The van der Waals surface area contributed by atoms with Gasteiger partial charge in [0.15, 0.2) is 0 Å². The largest absolute Gasteiger partial charge is 0.351 e. The quantitative estimate of drug-likeness (QED) is 0.277. The second-order valence-electron chi connectivity index (χ2n) is 6.94. The fourth-order valence-corrected chi connectivity index (χ4v) is 4.27. The SMILES string of the molecule is O=[N+]([O-])c1ccc(Sc2ccc(N=Cc3ccn(C4CCCC4)c3)cc2)cc1. The molecule has 6 heteroatoms. The standard InChI is InChI=1S/C22H21N3O2S/c26-25(27)20-7-11-22(12-8-20)28-21-9-5-18(6-10-21)23-15-17-13-14-24(16-17)19-3-1-2-4-19/h5-16,19H,1-4H2. The minimum Gasteiger partial charge on any atom is -0.351 e. The number of hydrogen-bond acceptors (Lipinski definition) is 4. The van der Waals surface area contributed by atoms with E-state index in [-0.39, 0.29) is 10.6 Å². The third kappa shape index (κ3) is 4.51. The summed E-state index contributed by atoms with van der Waals surface area (Å²) in [6, 6.07) is 17.4. The molecule has 0 N–H and O–H groups in total. The first-order chi connectivity index (χ1) is 13.7. The molecular weight excluding hydrogens is 370 g/mol. The number of nitrogens with zero attached hydrogens (tertiary/aromatic N) is 3. The molecule has 0 saturated heterocycles. The highest BCUT2D eigenvalue weighted by atomic mass is 32.2. The average molecular weight is 391 g/mol. The van der Waals surface area contributed by atoms with Crippen molar-refractivity contribution >= 4 is 29.4 Å². The summed E-state index contributed by atoms with van der Waals surface area (Å²) in [6.07, 6.45) is 11.5. The average Bonchev–Trinajstić information content (AvgIpc) is 3.40. The summed E-state index contributed by atoms with van der Waals surface area (Å²) in [6.45, 7) is 0. The van der Waals surface area contributed by atoms with Gasteiger partial charge in [-0.3, -0.25) is 15.1 Å². The van der Waals surface area contributed by atoms with Crippen LogP contribution in [0.1, 0.15) is 37.3 Å². The van der Waals surface area contributed by atoms with Crippen LogP contribution < -0.4 is 0 Å². The zero-order valence-corrected chi connectivity index (χ0v) is 16.2. The van der Waals surface area contributed by atoms with Crippen LogP contribution in [0.25, 0.3) is 0 Å². The molecule has 1 heterocycles. The van der Waals surface area contributed by atoms with E-state index >= 15 is 0 Å². The van der Waals surface area contributed by atoms with Gasteiger partial charge in [-0.05, 0) is 55.3 Å². The first-order valence-corrected chi connectivity index (χ1v) is 10.2. The Morgan fingerprint density at radius 1 is 1.00 bits per heavy atom. The summed E-state index contributed by atoms with van der Waals surface area (Å²) in [5.41, 5.74) is 2.13. The van der Waals surface area contributed by atoms with Crippen LogP contribution in [0.15, 0.2) is 81.8 Å². The van der Waals surface area contributed by atoms with Crippen molar-refractivity contribution < 1.29 is 4.92 Å². The van der Waals surface area contributed by atoms with Gasteiger partial charge in [-0.15, -0.1) is 0 Å². The molecule has 1 aliphatic rings. The summed E-state index contributed by atoms with van der Waals surface area (Å²) in [4.78, 5) is 16.9. The lowest BCUT2D eigenvalue weighted by atomic mass is 10.2. The predicted molar refractivity (Wildman–Crippen MR) is 113 cm³/mol. The van der Waals surface area contributed by atoms with E-state index in [0.717, 1.165) is 21.0 Å². The smallest absolute Gasteiger partial charge is 0.269 e. The molecular formula is C22H21N3O2S. The van der Waals surface area contributed by atoms with E-state index in [2.05, 4.69) is 28.0 Å². The first-order valence-electron chi connectivity index (χ1n) is 9.41. The highest BCUT2D eigenvalue weighted by Gasteiger charge is 2.15. The van der Waals surface area contributed by atoms with Crippen LogP contribution in [0.5, 0.6) is 0 Å². The minimum absolute atomic E-state index is 0.107. The fraction of sp³-hybridized carbons (Fsp3) is 0.227.